The van der Waals surface area contributed by atoms with E-state index in [2.05, 4.69) is 24.3 Å². The van der Waals surface area contributed by atoms with E-state index in [9.17, 15) is 14.7 Å². The predicted octanol–water partition coefficient (Wildman–Crippen LogP) is 3.13. The summed E-state index contributed by atoms with van der Waals surface area (Å²) >= 11 is 0. The molecule has 4 heteroatoms. The molecule has 24 heavy (non-hydrogen) atoms. The third-order valence-corrected chi connectivity index (χ3v) is 5.36. The van der Waals surface area contributed by atoms with Gasteiger partial charge in [0.15, 0.2) is 0 Å². The van der Waals surface area contributed by atoms with Gasteiger partial charge < -0.3 is 10.0 Å². The Morgan fingerprint density at radius 1 is 1.00 bits per heavy atom. The number of carbonyl (C=O) groups excluding carboxylic acids is 1. The Balaban J connectivity index is 1.55. The van der Waals surface area contributed by atoms with Gasteiger partial charge in [-0.1, -0.05) is 42.5 Å². The van der Waals surface area contributed by atoms with Crippen molar-refractivity contribution in [3.8, 4) is 0 Å². The zero-order chi connectivity index (χ0) is 16.9. The van der Waals surface area contributed by atoms with Crippen LogP contribution in [0.2, 0.25) is 0 Å². The second-order valence-electron chi connectivity index (χ2n) is 6.95. The first-order chi connectivity index (χ1) is 11.6. The summed E-state index contributed by atoms with van der Waals surface area (Å²) in [6, 6.07) is 10.5. The fourth-order valence-corrected chi connectivity index (χ4v) is 3.90. The van der Waals surface area contributed by atoms with Gasteiger partial charge in [-0.15, -0.1) is 0 Å². The molecule has 1 N–H and O–H groups in total. The van der Waals surface area contributed by atoms with Gasteiger partial charge in [0.2, 0.25) is 5.91 Å². The molecule has 1 amide bonds. The highest BCUT2D eigenvalue weighted by molar-refractivity contribution is 5.85. The first kappa shape index (κ1) is 16.7. The molecule has 1 aromatic carbocycles. The molecule has 3 rings (SSSR count). The summed E-state index contributed by atoms with van der Waals surface area (Å²) in [6.45, 7) is 1.51. The minimum absolute atomic E-state index is 0.0323. The van der Waals surface area contributed by atoms with Gasteiger partial charge in [0.05, 0.1) is 11.8 Å². The van der Waals surface area contributed by atoms with Crippen molar-refractivity contribution in [2.45, 2.75) is 32.1 Å². The molecule has 4 nitrogen and oxygen atoms in total. The number of amides is 1. The number of benzene rings is 1. The van der Waals surface area contributed by atoms with Crippen LogP contribution in [0, 0.1) is 17.8 Å². The highest BCUT2D eigenvalue weighted by Crippen LogP contribution is 2.30. The van der Waals surface area contributed by atoms with Crippen LogP contribution in [0.3, 0.4) is 0 Å². The lowest BCUT2D eigenvalue weighted by atomic mass is 9.81. The number of carboxylic acid groups (broad SMARTS) is 1. The Morgan fingerprint density at radius 3 is 2.25 bits per heavy atom. The van der Waals surface area contributed by atoms with Gasteiger partial charge >= 0.3 is 5.97 Å². The molecule has 0 saturated carbocycles. The van der Waals surface area contributed by atoms with Crippen LogP contribution in [0.5, 0.6) is 0 Å². The molecule has 1 aromatic rings. The fourth-order valence-electron chi connectivity index (χ4n) is 3.90. The number of carboxylic acids is 1. The predicted molar refractivity (Wildman–Crippen MR) is 92.4 cm³/mol. The first-order valence-corrected chi connectivity index (χ1v) is 8.85. The molecule has 0 bridgehead atoms. The molecule has 1 aliphatic carbocycles. The van der Waals surface area contributed by atoms with Crippen molar-refractivity contribution in [3.05, 3.63) is 48.0 Å². The van der Waals surface area contributed by atoms with Crippen LogP contribution in [0.4, 0.5) is 0 Å². The van der Waals surface area contributed by atoms with Crippen molar-refractivity contribution >= 4 is 11.9 Å². The van der Waals surface area contributed by atoms with Crippen LogP contribution < -0.4 is 0 Å². The number of rotatable bonds is 4. The van der Waals surface area contributed by atoms with Crippen LogP contribution in [0.15, 0.2) is 42.5 Å². The van der Waals surface area contributed by atoms with Crippen molar-refractivity contribution in [1.29, 1.82) is 0 Å². The molecule has 2 unspecified atom stereocenters. The summed E-state index contributed by atoms with van der Waals surface area (Å²) < 4.78 is 0. The van der Waals surface area contributed by atoms with Crippen LogP contribution in [-0.2, 0) is 16.0 Å². The Bertz CT molecular complexity index is 603. The second kappa shape index (κ2) is 7.65. The number of hydrogen-bond donors (Lipinski definition) is 1. The SMILES string of the molecule is O=C(O)C1CC=CCC1C(=O)N1CCC(Cc2ccccc2)CC1. The molecule has 1 saturated heterocycles. The summed E-state index contributed by atoms with van der Waals surface area (Å²) in [5.74, 6) is -1.16. The normalized spacial score (nSPS) is 24.8. The third-order valence-electron chi connectivity index (χ3n) is 5.36. The van der Waals surface area contributed by atoms with E-state index in [-0.39, 0.29) is 5.91 Å². The van der Waals surface area contributed by atoms with Gasteiger partial charge in [-0.3, -0.25) is 9.59 Å². The van der Waals surface area contributed by atoms with Gasteiger partial charge in [0.1, 0.15) is 0 Å². The molecule has 0 aromatic heterocycles. The maximum atomic E-state index is 12.8. The number of piperidine rings is 1. The lowest BCUT2D eigenvalue weighted by molar-refractivity contribution is -0.151. The maximum Gasteiger partial charge on any atom is 0.307 e. The standard InChI is InChI=1S/C20H25NO3/c22-19(17-8-4-5-9-18(17)20(23)24)21-12-10-16(11-13-21)14-15-6-2-1-3-7-15/h1-7,16-18H,8-14H2,(H,23,24). The summed E-state index contributed by atoms with van der Waals surface area (Å²) in [7, 11) is 0. The number of allylic oxidation sites excluding steroid dienone is 2. The van der Waals surface area contributed by atoms with E-state index in [4.69, 9.17) is 0 Å². The Labute approximate surface area is 143 Å². The highest BCUT2D eigenvalue weighted by Gasteiger charge is 2.37. The van der Waals surface area contributed by atoms with E-state index in [0.29, 0.717) is 18.8 Å². The van der Waals surface area contributed by atoms with Crippen LogP contribution in [0.1, 0.15) is 31.2 Å². The topological polar surface area (TPSA) is 57.6 Å². The van der Waals surface area contributed by atoms with E-state index in [1.807, 2.05) is 23.1 Å². The van der Waals surface area contributed by atoms with E-state index in [1.54, 1.807) is 0 Å². The Kier molecular flexibility index (Phi) is 5.34. The molecule has 2 aliphatic rings. The minimum Gasteiger partial charge on any atom is -0.481 e. The van der Waals surface area contributed by atoms with Crippen molar-refractivity contribution in [1.82, 2.24) is 4.90 Å². The molecule has 0 radical (unpaired) electrons. The van der Waals surface area contributed by atoms with Crippen molar-refractivity contribution in [2.75, 3.05) is 13.1 Å². The van der Waals surface area contributed by atoms with Gasteiger partial charge in [-0.25, -0.2) is 0 Å². The lowest BCUT2D eigenvalue weighted by Gasteiger charge is -2.36. The van der Waals surface area contributed by atoms with E-state index in [0.717, 1.165) is 32.4 Å². The Hall–Kier alpha value is -2.10. The molecule has 128 valence electrons. The number of carbonyl (C=O) groups is 2. The molecular weight excluding hydrogens is 302 g/mol. The molecule has 2 atom stereocenters. The summed E-state index contributed by atoms with van der Waals surface area (Å²) in [5.41, 5.74) is 1.35. The fraction of sp³-hybridized carbons (Fsp3) is 0.500. The zero-order valence-electron chi connectivity index (χ0n) is 13.9. The smallest absolute Gasteiger partial charge is 0.307 e. The van der Waals surface area contributed by atoms with Crippen molar-refractivity contribution in [2.24, 2.45) is 17.8 Å². The molecule has 1 fully saturated rings. The maximum absolute atomic E-state index is 12.8. The van der Waals surface area contributed by atoms with E-state index in [1.165, 1.54) is 5.56 Å². The van der Waals surface area contributed by atoms with Crippen LogP contribution in [0.25, 0.3) is 0 Å². The number of nitrogens with zero attached hydrogens (tertiary/aromatic N) is 1. The van der Waals surface area contributed by atoms with Crippen LogP contribution in [-0.4, -0.2) is 35.0 Å². The lowest BCUT2D eigenvalue weighted by Crippen LogP contribution is -2.45. The van der Waals surface area contributed by atoms with E-state index < -0.39 is 17.8 Å². The molecule has 1 aliphatic heterocycles. The van der Waals surface area contributed by atoms with E-state index >= 15 is 0 Å². The molecule has 0 spiro atoms. The monoisotopic (exact) mass is 327 g/mol. The number of likely N-dealkylation sites (tertiary alicyclic amines) is 1. The zero-order valence-corrected chi connectivity index (χ0v) is 13.9. The van der Waals surface area contributed by atoms with Gasteiger partial charge in [-0.2, -0.15) is 0 Å². The largest absolute Gasteiger partial charge is 0.481 e. The van der Waals surface area contributed by atoms with Crippen LogP contribution >= 0.6 is 0 Å². The molecular formula is C20H25NO3. The summed E-state index contributed by atoms with van der Waals surface area (Å²) in [6.07, 6.45) is 7.92. The summed E-state index contributed by atoms with van der Waals surface area (Å²) in [5, 5.41) is 9.36. The summed E-state index contributed by atoms with van der Waals surface area (Å²) in [4.78, 5) is 26.1. The van der Waals surface area contributed by atoms with Crippen molar-refractivity contribution < 1.29 is 14.7 Å². The Morgan fingerprint density at radius 2 is 1.62 bits per heavy atom. The average molecular weight is 327 g/mol. The number of hydrogen-bond acceptors (Lipinski definition) is 2. The van der Waals surface area contributed by atoms with Crippen molar-refractivity contribution in [3.63, 3.8) is 0 Å². The highest BCUT2D eigenvalue weighted by atomic mass is 16.4. The number of aliphatic carboxylic acids is 1. The average Bonchev–Trinajstić information content (AvgIpc) is 2.62. The molecule has 1 heterocycles. The third kappa shape index (κ3) is 3.86. The second-order valence-corrected chi connectivity index (χ2v) is 6.95. The first-order valence-electron chi connectivity index (χ1n) is 8.85. The van der Waals surface area contributed by atoms with Gasteiger partial charge in [0, 0.05) is 13.1 Å². The quantitative estimate of drug-likeness (QED) is 0.864. The van der Waals surface area contributed by atoms with Gasteiger partial charge in [-0.05, 0) is 43.6 Å². The van der Waals surface area contributed by atoms with Gasteiger partial charge in [0.25, 0.3) is 0 Å². The minimum atomic E-state index is -0.850.